The van der Waals surface area contributed by atoms with Gasteiger partial charge in [0.25, 0.3) is 0 Å². The highest BCUT2D eigenvalue weighted by atomic mass is 31.2. The molecule has 3 aliphatic rings. The molecule has 220 valence electrons. The van der Waals surface area contributed by atoms with Gasteiger partial charge in [-0.2, -0.15) is 13.2 Å². The molecule has 12 heteroatoms. The Balaban J connectivity index is 1.55. The largest absolute Gasteiger partial charge is 0.389 e. The minimum atomic E-state index is -4.49. The van der Waals surface area contributed by atoms with Crippen molar-refractivity contribution in [2.45, 2.75) is 93.9 Å². The average Bonchev–Trinajstić information content (AvgIpc) is 3.37. The Labute approximate surface area is 232 Å². The predicted molar refractivity (Wildman–Crippen MR) is 143 cm³/mol. The minimum absolute atomic E-state index is 0.0994. The lowest BCUT2D eigenvalue weighted by molar-refractivity contribution is -0.146. The van der Waals surface area contributed by atoms with Crippen LogP contribution in [0.15, 0.2) is 42.5 Å². The number of amides is 3. The minimum Gasteiger partial charge on any atom is -0.344 e. The predicted octanol–water partition coefficient (Wildman–Crippen LogP) is 4.63. The van der Waals surface area contributed by atoms with E-state index in [1.54, 1.807) is 24.3 Å². The first-order valence-electron chi connectivity index (χ1n) is 13.9. The Morgan fingerprint density at radius 2 is 1.88 bits per heavy atom. The monoisotopic (exact) mass is 583 g/mol. The molecule has 5 atom stereocenters. The first-order chi connectivity index (χ1) is 18.9. The van der Waals surface area contributed by atoms with Crippen molar-refractivity contribution in [3.8, 4) is 0 Å². The molecular weight excluding hydrogens is 546 g/mol. The molecular formula is C28H37F3N3O5P. The third-order valence-corrected chi connectivity index (χ3v) is 10.7. The third-order valence-electron chi connectivity index (χ3n) is 8.03. The molecule has 1 saturated carbocycles. The number of carbonyl (C=O) groups excluding carboxylic acids is 3. The van der Waals surface area contributed by atoms with Crippen molar-refractivity contribution < 1.29 is 37.0 Å². The van der Waals surface area contributed by atoms with Gasteiger partial charge in [-0.15, -0.1) is 0 Å². The van der Waals surface area contributed by atoms with Gasteiger partial charge in [-0.25, -0.2) is 0 Å². The number of carbonyl (C=O) groups is 3. The SMILES string of the molecule is O=C(CCC(F)(F)F)N[C@H]1CCCCC/C=C\[C@@H]2C[C@@]2(P(=O)(O)Cc2ccccc2)NC(=O)[C@@H]2CCCN2C1=O. The van der Waals surface area contributed by atoms with Gasteiger partial charge >= 0.3 is 6.18 Å². The van der Waals surface area contributed by atoms with Gasteiger partial charge in [0, 0.05) is 18.9 Å². The Kier molecular flexibility index (Phi) is 9.45. The Hall–Kier alpha value is -2.65. The molecule has 2 aliphatic heterocycles. The van der Waals surface area contributed by atoms with Gasteiger partial charge < -0.3 is 20.4 Å². The molecule has 0 bridgehead atoms. The Morgan fingerprint density at radius 1 is 1.12 bits per heavy atom. The summed E-state index contributed by atoms with van der Waals surface area (Å²) in [6.07, 6.45) is 1.41. The zero-order chi connectivity index (χ0) is 29.0. The van der Waals surface area contributed by atoms with E-state index in [0.717, 1.165) is 12.8 Å². The van der Waals surface area contributed by atoms with Crippen LogP contribution in [-0.2, 0) is 25.1 Å². The third kappa shape index (κ3) is 7.35. The Bertz CT molecular complexity index is 1160. The molecule has 1 aliphatic carbocycles. The second-order valence-corrected chi connectivity index (χ2v) is 13.6. The first-order valence-corrected chi connectivity index (χ1v) is 15.8. The van der Waals surface area contributed by atoms with Gasteiger partial charge in [0.1, 0.15) is 17.4 Å². The van der Waals surface area contributed by atoms with Crippen LogP contribution in [0.1, 0.15) is 69.8 Å². The lowest BCUT2D eigenvalue weighted by atomic mass is 10.0. The Morgan fingerprint density at radius 3 is 2.60 bits per heavy atom. The highest BCUT2D eigenvalue weighted by Gasteiger charge is 2.65. The van der Waals surface area contributed by atoms with Crippen molar-refractivity contribution in [3.05, 3.63) is 48.0 Å². The molecule has 0 spiro atoms. The lowest BCUT2D eigenvalue weighted by Gasteiger charge is -2.31. The molecule has 40 heavy (non-hydrogen) atoms. The van der Waals surface area contributed by atoms with Crippen molar-refractivity contribution in [1.29, 1.82) is 0 Å². The number of alkyl halides is 3. The first kappa shape index (κ1) is 30.3. The van der Waals surface area contributed by atoms with Crippen molar-refractivity contribution in [2.24, 2.45) is 5.92 Å². The molecule has 3 N–H and O–H groups in total. The molecule has 1 saturated heterocycles. The summed E-state index contributed by atoms with van der Waals surface area (Å²) in [5.74, 6) is -2.21. The van der Waals surface area contributed by atoms with Crippen LogP contribution in [0.5, 0.6) is 0 Å². The number of fused-ring (bicyclic) bond motifs is 2. The van der Waals surface area contributed by atoms with Crippen LogP contribution in [0.3, 0.4) is 0 Å². The van der Waals surface area contributed by atoms with Gasteiger partial charge in [-0.1, -0.05) is 55.3 Å². The molecule has 2 fully saturated rings. The summed E-state index contributed by atoms with van der Waals surface area (Å²) in [5, 5.41) is 4.01. The normalized spacial score (nSPS) is 30.1. The van der Waals surface area contributed by atoms with E-state index in [2.05, 4.69) is 10.6 Å². The second kappa shape index (κ2) is 12.5. The summed E-state index contributed by atoms with van der Waals surface area (Å²) < 4.78 is 51.7. The molecule has 0 radical (unpaired) electrons. The molecule has 1 unspecified atom stereocenters. The van der Waals surface area contributed by atoms with Crippen LogP contribution in [0.25, 0.3) is 0 Å². The van der Waals surface area contributed by atoms with Crippen LogP contribution in [-0.4, -0.2) is 57.6 Å². The van der Waals surface area contributed by atoms with Crippen LogP contribution in [0.2, 0.25) is 0 Å². The molecule has 3 amide bonds. The van der Waals surface area contributed by atoms with Gasteiger partial charge in [0.15, 0.2) is 0 Å². The maximum Gasteiger partial charge on any atom is 0.389 e. The van der Waals surface area contributed by atoms with E-state index in [1.165, 1.54) is 4.90 Å². The fraction of sp³-hybridized carbons (Fsp3) is 0.607. The van der Waals surface area contributed by atoms with Crippen LogP contribution < -0.4 is 10.6 Å². The average molecular weight is 584 g/mol. The zero-order valence-corrected chi connectivity index (χ0v) is 23.3. The van der Waals surface area contributed by atoms with E-state index in [-0.39, 0.29) is 25.0 Å². The van der Waals surface area contributed by atoms with E-state index < -0.39 is 61.5 Å². The topological polar surface area (TPSA) is 116 Å². The quantitative estimate of drug-likeness (QED) is 0.334. The highest BCUT2D eigenvalue weighted by molar-refractivity contribution is 7.59. The smallest absolute Gasteiger partial charge is 0.344 e. The number of halogens is 3. The summed E-state index contributed by atoms with van der Waals surface area (Å²) >= 11 is 0. The molecule has 1 aromatic carbocycles. The van der Waals surface area contributed by atoms with E-state index in [0.29, 0.717) is 37.7 Å². The second-order valence-electron chi connectivity index (χ2n) is 11.1. The number of nitrogens with one attached hydrogen (secondary N) is 2. The fourth-order valence-electron chi connectivity index (χ4n) is 5.74. The summed E-state index contributed by atoms with van der Waals surface area (Å²) in [7, 11) is -3.94. The van der Waals surface area contributed by atoms with E-state index in [4.69, 9.17) is 0 Å². The molecule has 1 aromatic rings. The van der Waals surface area contributed by atoms with Gasteiger partial charge in [-0.3, -0.25) is 18.9 Å². The van der Waals surface area contributed by atoms with Gasteiger partial charge in [0.05, 0.1) is 12.6 Å². The van der Waals surface area contributed by atoms with E-state index >= 15 is 0 Å². The van der Waals surface area contributed by atoms with Crippen molar-refractivity contribution in [1.82, 2.24) is 15.5 Å². The van der Waals surface area contributed by atoms with Crippen molar-refractivity contribution in [2.75, 3.05) is 6.54 Å². The zero-order valence-electron chi connectivity index (χ0n) is 22.4. The lowest BCUT2D eigenvalue weighted by Crippen LogP contribution is -2.55. The van der Waals surface area contributed by atoms with E-state index in [9.17, 15) is 37.0 Å². The maximum atomic E-state index is 13.8. The molecule has 4 rings (SSSR count). The number of rotatable bonds is 6. The number of hydrogen-bond acceptors (Lipinski definition) is 4. The van der Waals surface area contributed by atoms with Crippen molar-refractivity contribution in [3.63, 3.8) is 0 Å². The number of benzene rings is 1. The summed E-state index contributed by atoms with van der Waals surface area (Å²) in [4.78, 5) is 52.1. The standard InChI is InChI=1S/C28H37F3N3O5P/c29-28(30,31)16-15-24(35)32-22-13-8-3-1-2-7-12-21-18-27(21,40(38,39)19-20-10-5-4-6-11-20)33-25(36)23-14-9-17-34(23)26(22)37/h4-7,10-12,21-23H,1-3,8-9,13-19H2,(H,32,35)(H,33,36)(H,38,39)/b12-7-/t21-,22+,23+,27+/m1/s1. The van der Waals surface area contributed by atoms with Crippen molar-refractivity contribution >= 4 is 25.1 Å². The van der Waals surface area contributed by atoms with Crippen LogP contribution >= 0.6 is 7.37 Å². The number of allylic oxidation sites excluding steroid dienone is 1. The summed E-state index contributed by atoms with van der Waals surface area (Å²) in [6.45, 7) is 0.253. The van der Waals surface area contributed by atoms with Crippen LogP contribution in [0.4, 0.5) is 13.2 Å². The summed E-state index contributed by atoms with van der Waals surface area (Å²) in [6, 6.07) is 6.98. The molecule has 0 aromatic heterocycles. The fourth-order valence-corrected chi connectivity index (χ4v) is 8.09. The summed E-state index contributed by atoms with van der Waals surface area (Å²) in [5.41, 5.74) is 0.684. The maximum absolute atomic E-state index is 13.8. The number of nitrogens with zero attached hydrogens (tertiary/aromatic N) is 1. The highest BCUT2D eigenvalue weighted by Crippen LogP contribution is 2.71. The molecule has 8 nitrogen and oxygen atoms in total. The van der Waals surface area contributed by atoms with Gasteiger partial charge in [0.2, 0.25) is 25.1 Å². The van der Waals surface area contributed by atoms with Crippen LogP contribution in [0, 0.1) is 5.92 Å². The van der Waals surface area contributed by atoms with Gasteiger partial charge in [-0.05, 0) is 44.1 Å². The molecule has 2 heterocycles. The number of hydrogen-bond donors (Lipinski definition) is 3. The van der Waals surface area contributed by atoms with E-state index in [1.807, 2.05) is 18.2 Å².